The molecule has 1 N–H and O–H groups in total. The number of hydrogen-bond acceptors (Lipinski definition) is 4. The first-order valence-electron chi connectivity index (χ1n) is 9.32. The maximum atomic E-state index is 13.0. The second-order valence-corrected chi connectivity index (χ2v) is 6.94. The second-order valence-electron chi connectivity index (χ2n) is 6.94. The number of rotatable bonds is 5. The molecule has 0 bridgehead atoms. The van der Waals surface area contributed by atoms with E-state index in [1.54, 1.807) is 6.07 Å². The zero-order chi connectivity index (χ0) is 19.4. The number of halogens is 2. The number of ether oxygens (including phenoxy) is 1. The molecular formula is C19H25F2N3O3. The Kier molecular flexibility index (Phi) is 6.26. The highest BCUT2D eigenvalue weighted by Crippen LogP contribution is 2.27. The van der Waals surface area contributed by atoms with Crippen LogP contribution < -0.4 is 10.1 Å². The van der Waals surface area contributed by atoms with E-state index in [0.717, 1.165) is 12.8 Å². The molecule has 0 aromatic heterocycles. The fraction of sp³-hybridized carbons (Fsp3) is 0.579. The average molecular weight is 381 g/mol. The number of alkyl halides is 2. The molecule has 2 atom stereocenters. The summed E-state index contributed by atoms with van der Waals surface area (Å²) in [6.07, 6.45) is 3.24. The van der Waals surface area contributed by atoms with Gasteiger partial charge in [-0.25, -0.2) is 0 Å². The van der Waals surface area contributed by atoms with Gasteiger partial charge >= 0.3 is 6.61 Å². The van der Waals surface area contributed by atoms with Gasteiger partial charge in [-0.3, -0.25) is 9.59 Å². The van der Waals surface area contributed by atoms with Gasteiger partial charge in [0.2, 0.25) is 5.91 Å². The summed E-state index contributed by atoms with van der Waals surface area (Å²) in [6, 6.07) is 5.64. The zero-order valence-corrected chi connectivity index (χ0v) is 15.4. The summed E-state index contributed by atoms with van der Waals surface area (Å²) < 4.78 is 29.8. The number of hydrogen-bond donors (Lipinski definition) is 1. The number of piperidine rings is 1. The molecule has 0 saturated carbocycles. The fourth-order valence-electron chi connectivity index (χ4n) is 3.89. The highest BCUT2D eigenvalue weighted by atomic mass is 19.3. The molecule has 148 valence electrons. The zero-order valence-electron chi connectivity index (χ0n) is 15.4. The Morgan fingerprint density at radius 3 is 2.67 bits per heavy atom. The predicted molar refractivity (Wildman–Crippen MR) is 95.8 cm³/mol. The van der Waals surface area contributed by atoms with Crippen molar-refractivity contribution in [1.29, 1.82) is 0 Å². The highest BCUT2D eigenvalue weighted by molar-refractivity contribution is 6.00. The summed E-state index contributed by atoms with van der Waals surface area (Å²) in [5.41, 5.74) is 0.0595. The van der Waals surface area contributed by atoms with Crippen LogP contribution >= 0.6 is 0 Å². The maximum absolute atomic E-state index is 13.0. The maximum Gasteiger partial charge on any atom is 0.387 e. The van der Waals surface area contributed by atoms with Crippen molar-refractivity contribution in [2.24, 2.45) is 0 Å². The molecule has 6 nitrogen and oxygen atoms in total. The van der Waals surface area contributed by atoms with Gasteiger partial charge in [0.05, 0.1) is 5.56 Å². The van der Waals surface area contributed by atoms with E-state index in [-0.39, 0.29) is 23.3 Å². The van der Waals surface area contributed by atoms with Crippen molar-refractivity contribution >= 4 is 11.8 Å². The Morgan fingerprint density at radius 1 is 1.19 bits per heavy atom. The van der Waals surface area contributed by atoms with E-state index >= 15 is 0 Å². The van der Waals surface area contributed by atoms with Gasteiger partial charge in [0, 0.05) is 25.7 Å². The number of nitrogens with one attached hydrogen (secondary N) is 1. The molecule has 0 radical (unpaired) electrons. The van der Waals surface area contributed by atoms with Gasteiger partial charge in [0.25, 0.3) is 5.91 Å². The first kappa shape index (κ1) is 19.5. The average Bonchev–Trinajstić information content (AvgIpc) is 3.16. The first-order valence-corrected chi connectivity index (χ1v) is 9.32. The van der Waals surface area contributed by atoms with E-state index in [2.05, 4.69) is 10.1 Å². The molecule has 1 aromatic carbocycles. The lowest BCUT2D eigenvalue weighted by Gasteiger charge is -2.36. The number of amides is 2. The molecule has 2 unspecified atom stereocenters. The Bertz CT molecular complexity index is 686. The van der Waals surface area contributed by atoms with Crippen molar-refractivity contribution in [3.63, 3.8) is 0 Å². The summed E-state index contributed by atoms with van der Waals surface area (Å²) in [7, 11) is 1.88. The summed E-state index contributed by atoms with van der Waals surface area (Å²) in [4.78, 5) is 29.3. The van der Waals surface area contributed by atoms with Crippen molar-refractivity contribution in [2.45, 2.75) is 44.4 Å². The number of carbonyl (C=O) groups is 2. The molecule has 3 rings (SSSR count). The molecule has 0 spiro atoms. The summed E-state index contributed by atoms with van der Waals surface area (Å²) >= 11 is 0. The SMILES string of the molecule is CNC1CCCN(C(=O)C2CCCN2C(=O)c2ccccc2OC(F)F)C1. The van der Waals surface area contributed by atoms with Crippen LogP contribution in [0, 0.1) is 0 Å². The van der Waals surface area contributed by atoms with Crippen LogP contribution in [0.3, 0.4) is 0 Å². The van der Waals surface area contributed by atoms with Crippen LogP contribution in [-0.2, 0) is 4.79 Å². The van der Waals surface area contributed by atoms with Crippen LogP contribution in [0.5, 0.6) is 5.75 Å². The molecule has 27 heavy (non-hydrogen) atoms. The van der Waals surface area contributed by atoms with Crippen molar-refractivity contribution in [3.8, 4) is 5.75 Å². The van der Waals surface area contributed by atoms with Gasteiger partial charge in [-0.05, 0) is 44.9 Å². The topological polar surface area (TPSA) is 61.9 Å². The van der Waals surface area contributed by atoms with Gasteiger partial charge in [-0.2, -0.15) is 8.78 Å². The molecule has 2 saturated heterocycles. The minimum Gasteiger partial charge on any atom is -0.434 e. The second kappa shape index (κ2) is 8.65. The number of likely N-dealkylation sites (tertiary alicyclic amines) is 2. The molecule has 2 aliphatic heterocycles. The largest absolute Gasteiger partial charge is 0.434 e. The van der Waals surface area contributed by atoms with E-state index in [0.29, 0.717) is 32.5 Å². The summed E-state index contributed by atoms with van der Waals surface area (Å²) in [6.45, 7) is -1.28. The van der Waals surface area contributed by atoms with Crippen LogP contribution in [-0.4, -0.2) is 67.0 Å². The first-order chi connectivity index (χ1) is 13.0. The Morgan fingerprint density at radius 2 is 1.93 bits per heavy atom. The minimum absolute atomic E-state index is 0.0595. The predicted octanol–water partition coefficient (Wildman–Crippen LogP) is 2.10. The van der Waals surface area contributed by atoms with E-state index in [9.17, 15) is 18.4 Å². The van der Waals surface area contributed by atoms with Gasteiger partial charge in [0.15, 0.2) is 0 Å². The number of likely N-dealkylation sites (N-methyl/N-ethyl adjacent to an activating group) is 1. The van der Waals surface area contributed by atoms with E-state index in [4.69, 9.17) is 0 Å². The van der Waals surface area contributed by atoms with Crippen LogP contribution in [0.15, 0.2) is 24.3 Å². The van der Waals surface area contributed by atoms with Crippen LogP contribution in [0.4, 0.5) is 8.78 Å². The molecule has 8 heteroatoms. The molecule has 2 amide bonds. The third-order valence-electron chi connectivity index (χ3n) is 5.27. The van der Waals surface area contributed by atoms with E-state index < -0.39 is 18.6 Å². The lowest BCUT2D eigenvalue weighted by molar-refractivity contribution is -0.136. The summed E-state index contributed by atoms with van der Waals surface area (Å²) in [5.74, 6) is -0.666. The van der Waals surface area contributed by atoms with Crippen LogP contribution in [0.2, 0.25) is 0 Å². The minimum atomic E-state index is -3.01. The third kappa shape index (κ3) is 4.37. The Hall–Kier alpha value is -2.22. The molecule has 2 aliphatic rings. The van der Waals surface area contributed by atoms with Gasteiger partial charge in [-0.1, -0.05) is 12.1 Å². The summed E-state index contributed by atoms with van der Waals surface area (Å²) in [5, 5.41) is 3.20. The number of benzene rings is 1. The lowest BCUT2D eigenvalue weighted by atomic mass is 10.0. The quantitative estimate of drug-likeness (QED) is 0.849. The van der Waals surface area contributed by atoms with Gasteiger partial charge < -0.3 is 19.9 Å². The van der Waals surface area contributed by atoms with Crippen LogP contribution in [0.1, 0.15) is 36.0 Å². The lowest BCUT2D eigenvalue weighted by Crippen LogP contribution is -2.53. The Balaban J connectivity index is 1.76. The molecular weight excluding hydrogens is 356 g/mol. The molecule has 0 aliphatic carbocycles. The van der Waals surface area contributed by atoms with Crippen molar-refractivity contribution < 1.29 is 23.1 Å². The van der Waals surface area contributed by atoms with Crippen molar-refractivity contribution in [1.82, 2.24) is 15.1 Å². The van der Waals surface area contributed by atoms with Crippen molar-refractivity contribution in [2.75, 3.05) is 26.7 Å². The van der Waals surface area contributed by atoms with Crippen LogP contribution in [0.25, 0.3) is 0 Å². The standard InChI is InChI=1S/C19H25F2N3O3/c1-22-13-6-4-10-23(12-13)18(26)15-8-5-11-24(15)17(25)14-7-2-3-9-16(14)27-19(20)21/h2-3,7,9,13,15,19,22H,4-6,8,10-12H2,1H3. The molecule has 2 heterocycles. The fourth-order valence-corrected chi connectivity index (χ4v) is 3.89. The number of carbonyl (C=O) groups excluding carboxylic acids is 2. The van der Waals surface area contributed by atoms with E-state index in [1.165, 1.54) is 23.1 Å². The van der Waals surface area contributed by atoms with E-state index in [1.807, 2.05) is 11.9 Å². The highest BCUT2D eigenvalue weighted by Gasteiger charge is 2.38. The smallest absolute Gasteiger partial charge is 0.387 e. The number of nitrogens with zero attached hydrogens (tertiary/aromatic N) is 2. The van der Waals surface area contributed by atoms with Crippen molar-refractivity contribution in [3.05, 3.63) is 29.8 Å². The normalized spacial score (nSPS) is 23.0. The third-order valence-corrected chi connectivity index (χ3v) is 5.27. The van der Waals surface area contributed by atoms with Gasteiger partial charge in [-0.15, -0.1) is 0 Å². The molecule has 2 fully saturated rings. The Labute approximate surface area is 157 Å². The van der Waals surface area contributed by atoms with Gasteiger partial charge in [0.1, 0.15) is 11.8 Å². The molecule has 1 aromatic rings. The monoisotopic (exact) mass is 381 g/mol. The number of para-hydroxylation sites is 1.